The maximum absolute atomic E-state index is 12.5. The first kappa shape index (κ1) is 11.4. The van der Waals surface area contributed by atoms with Crippen molar-refractivity contribution in [1.29, 1.82) is 0 Å². The molecule has 2 aromatic rings. The number of hydrogen-bond donors (Lipinski definition) is 1. The minimum absolute atomic E-state index is 0.0270. The molecule has 0 aliphatic rings. The van der Waals surface area contributed by atoms with Gasteiger partial charge in [0.2, 0.25) is 0 Å². The van der Waals surface area contributed by atoms with Crippen molar-refractivity contribution in [2.75, 3.05) is 5.73 Å². The number of rotatable bonds is 4. The molecule has 0 unspecified atom stereocenters. The number of nitrogens with two attached hydrogens (primary N) is 1. The minimum Gasteiger partial charge on any atom is -0.486 e. The summed E-state index contributed by atoms with van der Waals surface area (Å²) < 4.78 is 31.1. The largest absolute Gasteiger partial charge is 0.486 e. The zero-order chi connectivity index (χ0) is 12.3. The topological polar surface area (TPSA) is 53.1 Å². The third kappa shape index (κ3) is 2.72. The lowest BCUT2D eigenvalue weighted by molar-refractivity contribution is 0.0632. The molecule has 0 fully saturated rings. The SMILES string of the molecule is Nc1cccc(OCc2nccn2C(F)F)c1. The number of hydrogen-bond acceptors (Lipinski definition) is 3. The number of imidazole rings is 1. The number of aromatic nitrogens is 2. The molecule has 0 saturated carbocycles. The van der Waals surface area contributed by atoms with Gasteiger partial charge in [0.25, 0.3) is 0 Å². The van der Waals surface area contributed by atoms with Gasteiger partial charge in [0, 0.05) is 24.1 Å². The second-order valence-corrected chi connectivity index (χ2v) is 3.39. The molecule has 0 amide bonds. The third-order valence-electron chi connectivity index (χ3n) is 2.19. The van der Waals surface area contributed by atoms with Crippen molar-refractivity contribution >= 4 is 5.69 Å². The van der Waals surface area contributed by atoms with E-state index in [1.807, 2.05) is 0 Å². The standard InChI is InChI=1S/C11H11F2N3O/c12-11(13)16-5-4-15-10(16)7-17-9-3-1-2-8(14)6-9/h1-6,11H,7,14H2. The molecule has 0 radical (unpaired) electrons. The normalized spacial score (nSPS) is 10.8. The van der Waals surface area contributed by atoms with Gasteiger partial charge in [-0.15, -0.1) is 0 Å². The summed E-state index contributed by atoms with van der Waals surface area (Å²) in [5.41, 5.74) is 6.12. The van der Waals surface area contributed by atoms with E-state index >= 15 is 0 Å². The van der Waals surface area contributed by atoms with Gasteiger partial charge < -0.3 is 10.5 Å². The summed E-state index contributed by atoms with van der Waals surface area (Å²) in [7, 11) is 0. The van der Waals surface area contributed by atoms with E-state index in [1.54, 1.807) is 24.3 Å². The van der Waals surface area contributed by atoms with E-state index in [-0.39, 0.29) is 12.4 Å². The molecule has 6 heteroatoms. The fraction of sp³-hybridized carbons (Fsp3) is 0.182. The fourth-order valence-corrected chi connectivity index (χ4v) is 1.39. The van der Waals surface area contributed by atoms with Crippen molar-refractivity contribution in [2.24, 2.45) is 0 Å². The molecule has 17 heavy (non-hydrogen) atoms. The van der Waals surface area contributed by atoms with E-state index in [4.69, 9.17) is 10.5 Å². The van der Waals surface area contributed by atoms with Gasteiger partial charge in [-0.2, -0.15) is 8.78 Å². The first-order valence-corrected chi connectivity index (χ1v) is 4.95. The van der Waals surface area contributed by atoms with E-state index in [1.165, 1.54) is 12.4 Å². The maximum Gasteiger partial charge on any atom is 0.320 e. The van der Waals surface area contributed by atoms with E-state index in [0.717, 1.165) is 4.57 Å². The molecule has 0 spiro atoms. The molecule has 90 valence electrons. The molecule has 4 nitrogen and oxygen atoms in total. The molecule has 0 bridgehead atoms. The summed E-state index contributed by atoms with van der Waals surface area (Å²) in [6.07, 6.45) is 2.52. The quantitative estimate of drug-likeness (QED) is 0.834. The molecule has 1 aromatic carbocycles. The van der Waals surface area contributed by atoms with Gasteiger partial charge >= 0.3 is 6.55 Å². The lowest BCUT2D eigenvalue weighted by atomic mass is 10.3. The van der Waals surface area contributed by atoms with Gasteiger partial charge in [0.05, 0.1) is 0 Å². The molecule has 1 aromatic heterocycles. The summed E-state index contributed by atoms with van der Waals surface area (Å²) in [6.45, 7) is -2.64. The van der Waals surface area contributed by atoms with Crippen LogP contribution in [0.15, 0.2) is 36.7 Å². The van der Waals surface area contributed by atoms with Crippen LogP contribution in [0.25, 0.3) is 0 Å². The Hall–Kier alpha value is -2.11. The second-order valence-electron chi connectivity index (χ2n) is 3.39. The Bertz CT molecular complexity index is 499. The third-order valence-corrected chi connectivity index (χ3v) is 2.19. The molecular weight excluding hydrogens is 228 g/mol. The zero-order valence-electron chi connectivity index (χ0n) is 8.88. The van der Waals surface area contributed by atoms with Crippen molar-refractivity contribution in [3.63, 3.8) is 0 Å². The smallest absolute Gasteiger partial charge is 0.320 e. The Labute approximate surface area is 96.6 Å². The number of nitrogens with zero attached hydrogens (tertiary/aromatic N) is 2. The number of alkyl halides is 2. The second kappa shape index (κ2) is 4.82. The van der Waals surface area contributed by atoms with Crippen molar-refractivity contribution in [3.05, 3.63) is 42.5 Å². The lowest BCUT2D eigenvalue weighted by Gasteiger charge is -2.08. The van der Waals surface area contributed by atoms with Gasteiger partial charge in [0.15, 0.2) is 5.82 Å². The highest BCUT2D eigenvalue weighted by Gasteiger charge is 2.11. The highest BCUT2D eigenvalue weighted by molar-refractivity contribution is 5.43. The molecule has 0 aliphatic heterocycles. The van der Waals surface area contributed by atoms with Crippen LogP contribution in [0, 0.1) is 0 Å². The predicted molar refractivity (Wildman–Crippen MR) is 58.7 cm³/mol. The number of anilines is 1. The average molecular weight is 239 g/mol. The Morgan fingerprint density at radius 3 is 2.94 bits per heavy atom. The van der Waals surface area contributed by atoms with Crippen LogP contribution in [-0.4, -0.2) is 9.55 Å². The van der Waals surface area contributed by atoms with Crippen LogP contribution in [0.5, 0.6) is 5.75 Å². The Morgan fingerprint density at radius 2 is 2.24 bits per heavy atom. The molecule has 1 heterocycles. The van der Waals surface area contributed by atoms with Gasteiger partial charge in [-0.3, -0.25) is 4.57 Å². The monoisotopic (exact) mass is 239 g/mol. The molecule has 2 N–H and O–H groups in total. The van der Waals surface area contributed by atoms with Gasteiger partial charge in [-0.05, 0) is 12.1 Å². The summed E-state index contributed by atoms with van der Waals surface area (Å²) in [5.74, 6) is 0.691. The van der Waals surface area contributed by atoms with Crippen LogP contribution in [0.4, 0.5) is 14.5 Å². The van der Waals surface area contributed by atoms with E-state index < -0.39 is 6.55 Å². The Balaban J connectivity index is 2.05. The highest BCUT2D eigenvalue weighted by atomic mass is 19.3. The highest BCUT2D eigenvalue weighted by Crippen LogP contribution is 2.17. The molecule has 2 rings (SSSR count). The van der Waals surface area contributed by atoms with Crippen LogP contribution in [0.1, 0.15) is 12.4 Å². The van der Waals surface area contributed by atoms with Crippen LogP contribution in [0.2, 0.25) is 0 Å². The van der Waals surface area contributed by atoms with E-state index in [0.29, 0.717) is 11.4 Å². The predicted octanol–water partition coefficient (Wildman–Crippen LogP) is 2.44. The number of benzene rings is 1. The molecular formula is C11H11F2N3O. The van der Waals surface area contributed by atoms with Crippen LogP contribution in [-0.2, 0) is 6.61 Å². The first-order valence-electron chi connectivity index (χ1n) is 4.95. The van der Waals surface area contributed by atoms with Crippen LogP contribution in [0.3, 0.4) is 0 Å². The summed E-state index contributed by atoms with van der Waals surface area (Å²) in [4.78, 5) is 3.80. The number of ether oxygens (including phenoxy) is 1. The van der Waals surface area contributed by atoms with Crippen molar-refractivity contribution in [3.8, 4) is 5.75 Å². The summed E-state index contributed by atoms with van der Waals surface area (Å²) >= 11 is 0. The van der Waals surface area contributed by atoms with Gasteiger partial charge in [0.1, 0.15) is 12.4 Å². The lowest BCUT2D eigenvalue weighted by Crippen LogP contribution is -2.07. The van der Waals surface area contributed by atoms with Crippen LogP contribution < -0.4 is 10.5 Å². The van der Waals surface area contributed by atoms with E-state index in [2.05, 4.69) is 4.98 Å². The Kier molecular flexibility index (Phi) is 3.22. The number of nitrogen functional groups attached to an aromatic ring is 1. The first-order chi connectivity index (χ1) is 8.16. The van der Waals surface area contributed by atoms with Crippen LogP contribution >= 0.6 is 0 Å². The summed E-state index contributed by atoms with van der Waals surface area (Å²) in [6, 6.07) is 6.76. The minimum atomic E-state index is -2.61. The molecule has 0 saturated heterocycles. The van der Waals surface area contributed by atoms with Gasteiger partial charge in [-0.1, -0.05) is 6.07 Å². The van der Waals surface area contributed by atoms with E-state index in [9.17, 15) is 8.78 Å². The molecule has 0 aliphatic carbocycles. The van der Waals surface area contributed by atoms with Crippen molar-refractivity contribution < 1.29 is 13.5 Å². The Morgan fingerprint density at radius 1 is 1.41 bits per heavy atom. The fourth-order valence-electron chi connectivity index (χ4n) is 1.39. The molecule has 0 atom stereocenters. The average Bonchev–Trinajstić information content (AvgIpc) is 2.74. The summed E-state index contributed by atoms with van der Waals surface area (Å²) in [5, 5.41) is 0. The maximum atomic E-state index is 12.5. The van der Waals surface area contributed by atoms with Crippen molar-refractivity contribution in [1.82, 2.24) is 9.55 Å². The van der Waals surface area contributed by atoms with Crippen molar-refractivity contribution in [2.45, 2.75) is 13.2 Å². The van der Waals surface area contributed by atoms with Gasteiger partial charge in [-0.25, -0.2) is 4.98 Å². The number of halogens is 2. The zero-order valence-corrected chi connectivity index (χ0v) is 8.88.